The Bertz CT molecular complexity index is 1130. The van der Waals surface area contributed by atoms with Crippen LogP contribution in [0.25, 0.3) is 10.9 Å². The third kappa shape index (κ3) is 2.44. The van der Waals surface area contributed by atoms with Gasteiger partial charge in [-0.3, -0.25) is 4.79 Å². The van der Waals surface area contributed by atoms with Gasteiger partial charge in [-0.25, -0.2) is 13.8 Å². The van der Waals surface area contributed by atoms with Crippen LogP contribution >= 0.6 is 11.6 Å². The second-order valence-electron chi connectivity index (χ2n) is 6.86. The number of aromatic nitrogens is 4. The van der Waals surface area contributed by atoms with Crippen LogP contribution in [0, 0.1) is 17.7 Å². The van der Waals surface area contributed by atoms with E-state index in [1.807, 2.05) is 0 Å². The van der Waals surface area contributed by atoms with Crippen molar-refractivity contribution >= 4 is 28.8 Å². The molecule has 1 aromatic carbocycles. The smallest absolute Gasteiger partial charge is 0.295 e. The van der Waals surface area contributed by atoms with Gasteiger partial charge in [0.05, 0.1) is 30.8 Å². The minimum Gasteiger partial charge on any atom is -0.370 e. The van der Waals surface area contributed by atoms with E-state index in [1.165, 1.54) is 21.6 Å². The third-order valence-corrected chi connectivity index (χ3v) is 5.79. The maximum absolute atomic E-state index is 13.9. The Morgan fingerprint density at radius 2 is 2.19 bits per heavy atom. The first kappa shape index (κ1) is 16.6. The number of ether oxygens (including phenoxy) is 1. The van der Waals surface area contributed by atoms with Crippen molar-refractivity contribution in [1.82, 2.24) is 19.6 Å². The third-order valence-electron chi connectivity index (χ3n) is 5.39. The average Bonchev–Trinajstić information content (AvgIpc) is 3.05. The zero-order valence-electron chi connectivity index (χ0n) is 14.0. The number of halogens is 2. The molecule has 4 atom stereocenters. The van der Waals surface area contributed by atoms with Crippen LogP contribution in [-0.2, 0) is 16.1 Å². The molecule has 5 rings (SSSR count). The molecule has 7 nitrogen and oxygen atoms in total. The van der Waals surface area contributed by atoms with E-state index in [-0.39, 0.29) is 46.5 Å². The number of rotatable bonds is 4. The lowest BCUT2D eigenvalue weighted by Gasteiger charge is -2.10. The molecule has 2 fully saturated rings. The zero-order chi connectivity index (χ0) is 18.7. The van der Waals surface area contributed by atoms with Gasteiger partial charge < -0.3 is 9.53 Å². The van der Waals surface area contributed by atoms with Crippen molar-refractivity contribution in [3.63, 3.8) is 0 Å². The van der Waals surface area contributed by atoms with Gasteiger partial charge in [-0.05, 0) is 6.07 Å². The number of fused-ring (bicyclic) bond motifs is 2. The highest BCUT2D eigenvalue weighted by atomic mass is 35.5. The first-order chi connectivity index (χ1) is 13.1. The van der Waals surface area contributed by atoms with Gasteiger partial charge in [0.2, 0.25) is 0 Å². The Labute approximate surface area is 157 Å². The Hall–Kier alpha value is -2.58. The molecule has 0 spiro atoms. The van der Waals surface area contributed by atoms with Crippen LogP contribution in [0.2, 0.25) is 5.15 Å². The van der Waals surface area contributed by atoms with Crippen molar-refractivity contribution < 1.29 is 13.9 Å². The Morgan fingerprint density at radius 1 is 1.37 bits per heavy atom. The van der Waals surface area contributed by atoms with E-state index in [1.54, 1.807) is 18.2 Å². The standard InChI is InChI=1S/C18H14ClFN4O3/c19-17-10-5-21-24(16-11-8-27-13(7-25)14(11)16)18(26)15(10)22-23(17)6-9-3-1-2-4-12(9)20/h1-5,7,11,13-14,16H,6,8H2. The van der Waals surface area contributed by atoms with Crippen molar-refractivity contribution in [3.05, 3.63) is 57.3 Å². The lowest BCUT2D eigenvalue weighted by molar-refractivity contribution is -0.117. The van der Waals surface area contributed by atoms with Crippen LogP contribution in [0.5, 0.6) is 0 Å². The number of hydrogen-bond donors (Lipinski definition) is 0. The second kappa shape index (κ2) is 5.97. The molecule has 9 heteroatoms. The van der Waals surface area contributed by atoms with E-state index in [2.05, 4.69) is 10.2 Å². The molecule has 4 unspecified atom stereocenters. The van der Waals surface area contributed by atoms with Crippen LogP contribution in [0.4, 0.5) is 4.39 Å². The second-order valence-corrected chi connectivity index (χ2v) is 7.22. The highest BCUT2D eigenvalue weighted by molar-refractivity contribution is 6.34. The Balaban J connectivity index is 1.53. The molecule has 1 aliphatic heterocycles. The summed E-state index contributed by atoms with van der Waals surface area (Å²) < 4.78 is 22.0. The van der Waals surface area contributed by atoms with Crippen molar-refractivity contribution in [2.24, 2.45) is 11.8 Å². The highest BCUT2D eigenvalue weighted by Crippen LogP contribution is 2.56. The van der Waals surface area contributed by atoms with Crippen molar-refractivity contribution in [3.8, 4) is 0 Å². The molecule has 0 radical (unpaired) electrons. The van der Waals surface area contributed by atoms with Crippen molar-refractivity contribution in [1.29, 1.82) is 0 Å². The van der Waals surface area contributed by atoms with E-state index in [4.69, 9.17) is 16.3 Å². The monoisotopic (exact) mass is 388 g/mol. The lowest BCUT2D eigenvalue weighted by atomic mass is 10.2. The minimum absolute atomic E-state index is 0.0267. The van der Waals surface area contributed by atoms with Gasteiger partial charge in [0.25, 0.3) is 5.56 Å². The summed E-state index contributed by atoms with van der Waals surface area (Å²) >= 11 is 6.34. The minimum atomic E-state index is -0.494. The van der Waals surface area contributed by atoms with Gasteiger partial charge in [0, 0.05) is 17.4 Å². The molecule has 2 aliphatic rings. The van der Waals surface area contributed by atoms with Gasteiger partial charge >= 0.3 is 0 Å². The molecule has 138 valence electrons. The first-order valence-electron chi connectivity index (χ1n) is 8.54. The Morgan fingerprint density at radius 3 is 2.96 bits per heavy atom. The fourth-order valence-corrected chi connectivity index (χ4v) is 4.19. The quantitative estimate of drug-likeness (QED) is 0.637. The summed E-state index contributed by atoms with van der Waals surface area (Å²) in [7, 11) is 0. The van der Waals surface area contributed by atoms with E-state index < -0.39 is 6.10 Å². The normalized spacial score (nSPS) is 26.3. The van der Waals surface area contributed by atoms with Gasteiger partial charge in [-0.15, -0.1) is 0 Å². The largest absolute Gasteiger partial charge is 0.370 e. The topological polar surface area (TPSA) is 79.0 Å². The molecular formula is C18H14ClFN4O3. The molecule has 1 aliphatic carbocycles. The summed E-state index contributed by atoms with van der Waals surface area (Å²) in [5.41, 5.74) is 0.230. The molecular weight excluding hydrogens is 375 g/mol. The van der Waals surface area contributed by atoms with E-state index in [0.717, 1.165) is 6.29 Å². The fourth-order valence-electron chi connectivity index (χ4n) is 3.95. The molecule has 2 aromatic heterocycles. The van der Waals surface area contributed by atoms with Crippen LogP contribution in [0.3, 0.4) is 0 Å². The van der Waals surface area contributed by atoms with Crippen molar-refractivity contribution in [2.75, 3.05) is 6.61 Å². The van der Waals surface area contributed by atoms with Gasteiger partial charge in [-0.2, -0.15) is 10.2 Å². The summed E-state index contributed by atoms with van der Waals surface area (Å²) in [5.74, 6) is -0.283. The molecule has 3 aromatic rings. The molecule has 1 saturated heterocycles. The summed E-state index contributed by atoms with van der Waals surface area (Å²) in [5, 5.41) is 9.19. The number of benzene rings is 1. The van der Waals surface area contributed by atoms with Crippen LogP contribution < -0.4 is 5.56 Å². The average molecular weight is 389 g/mol. The predicted molar refractivity (Wildman–Crippen MR) is 94.1 cm³/mol. The molecule has 3 heterocycles. The van der Waals surface area contributed by atoms with Gasteiger partial charge in [-0.1, -0.05) is 29.8 Å². The summed E-state index contributed by atoms with van der Waals surface area (Å²) in [6.45, 7) is 0.544. The highest BCUT2D eigenvalue weighted by Gasteiger charge is 2.61. The van der Waals surface area contributed by atoms with Gasteiger partial charge in [0.15, 0.2) is 5.52 Å². The first-order valence-corrected chi connectivity index (χ1v) is 8.92. The van der Waals surface area contributed by atoms with Crippen LogP contribution in [-0.4, -0.2) is 38.6 Å². The van der Waals surface area contributed by atoms with E-state index >= 15 is 0 Å². The maximum atomic E-state index is 13.9. The molecule has 0 bridgehead atoms. The molecule has 1 saturated carbocycles. The molecule has 0 amide bonds. The number of hydrogen-bond acceptors (Lipinski definition) is 5. The lowest BCUT2D eigenvalue weighted by Crippen LogP contribution is -2.26. The summed E-state index contributed by atoms with van der Waals surface area (Å²) in [4.78, 5) is 24.0. The van der Waals surface area contributed by atoms with Crippen molar-refractivity contribution in [2.45, 2.75) is 18.7 Å². The number of carbonyl (C=O) groups excluding carboxylic acids is 1. The Kier molecular flexibility index (Phi) is 3.66. The maximum Gasteiger partial charge on any atom is 0.295 e. The number of carbonyl (C=O) groups is 1. The fraction of sp³-hybridized carbons (Fsp3) is 0.333. The molecule has 27 heavy (non-hydrogen) atoms. The van der Waals surface area contributed by atoms with E-state index in [0.29, 0.717) is 17.6 Å². The molecule has 0 N–H and O–H groups in total. The summed E-state index contributed by atoms with van der Waals surface area (Å²) in [6.07, 6.45) is 1.77. The SMILES string of the molecule is O=CC1OCC2C1C2n1ncc2c(Cl)n(Cc3ccccc3F)nc2c1=O. The zero-order valence-corrected chi connectivity index (χ0v) is 14.7. The number of aldehydes is 1. The van der Waals surface area contributed by atoms with Gasteiger partial charge in [0.1, 0.15) is 23.4 Å². The van der Waals surface area contributed by atoms with E-state index in [9.17, 15) is 14.0 Å². The predicted octanol–water partition coefficient (Wildman–Crippen LogP) is 1.82. The van der Waals surface area contributed by atoms with Crippen LogP contribution in [0.1, 0.15) is 11.6 Å². The summed E-state index contributed by atoms with van der Waals surface area (Å²) in [6, 6.07) is 6.16. The van der Waals surface area contributed by atoms with Crippen LogP contribution in [0.15, 0.2) is 35.3 Å². The number of nitrogens with zero attached hydrogens (tertiary/aromatic N) is 4.